The van der Waals surface area contributed by atoms with Crippen LogP contribution in [-0.4, -0.2) is 12.4 Å². The van der Waals surface area contributed by atoms with E-state index in [1.165, 1.54) is 0 Å². The van der Waals surface area contributed by atoms with Crippen LogP contribution in [-0.2, 0) is 0 Å². The number of rotatable bonds is 2. The van der Waals surface area contributed by atoms with Crippen molar-refractivity contribution in [3.63, 3.8) is 0 Å². The van der Waals surface area contributed by atoms with Crippen LogP contribution in [0.1, 0.15) is 20.8 Å². The van der Waals surface area contributed by atoms with Crippen LogP contribution < -0.4 is 0 Å². The maximum absolute atomic E-state index is 3.83. The van der Waals surface area contributed by atoms with Crippen LogP contribution in [0.3, 0.4) is 0 Å². The zero-order chi connectivity index (χ0) is 8.20. The van der Waals surface area contributed by atoms with Gasteiger partial charge < -0.3 is 0 Å². The summed E-state index contributed by atoms with van der Waals surface area (Å²) < 4.78 is 0. The first-order valence-corrected chi connectivity index (χ1v) is 3.19. The number of allylic oxidation sites excluding steroid dienone is 1. The molecule has 0 saturated heterocycles. The molecule has 10 heavy (non-hydrogen) atoms. The van der Waals surface area contributed by atoms with E-state index in [0.29, 0.717) is 0 Å². The molecule has 0 heterocycles. The van der Waals surface area contributed by atoms with E-state index in [0.717, 1.165) is 5.71 Å². The molecule has 0 atom stereocenters. The lowest BCUT2D eigenvalue weighted by atomic mass is 9.90. The number of nitrogens with zero attached hydrogens (tertiary/aromatic N) is 2. The van der Waals surface area contributed by atoms with E-state index in [1.807, 2.05) is 0 Å². The lowest BCUT2D eigenvalue weighted by Crippen LogP contribution is -2.17. The highest BCUT2D eigenvalue weighted by Gasteiger charge is 2.15. The van der Waals surface area contributed by atoms with E-state index < -0.39 is 0 Å². The van der Waals surface area contributed by atoms with Crippen LogP contribution in [0, 0.1) is 5.41 Å². The van der Waals surface area contributed by atoms with E-state index in [2.05, 4.69) is 44.3 Å². The molecule has 0 rings (SSSR count). The maximum atomic E-state index is 3.83. The third-order valence-electron chi connectivity index (χ3n) is 1.14. The van der Waals surface area contributed by atoms with Gasteiger partial charge in [0.25, 0.3) is 0 Å². The van der Waals surface area contributed by atoms with Gasteiger partial charge in [0.05, 0.1) is 5.71 Å². The summed E-state index contributed by atoms with van der Waals surface area (Å²) in [5.41, 5.74) is 0.880. The fourth-order valence-electron chi connectivity index (χ4n) is 0.573. The Morgan fingerprint density at radius 3 is 2.00 bits per heavy atom. The molecule has 56 valence electrons. The molecule has 0 N–H and O–H groups in total. The summed E-state index contributed by atoms with van der Waals surface area (Å²) in [4.78, 5) is 0. The monoisotopic (exact) mass is 138 g/mol. The number of hydrogen-bond donors (Lipinski definition) is 0. The lowest BCUT2D eigenvalue weighted by Gasteiger charge is -2.16. The zero-order valence-corrected chi connectivity index (χ0v) is 6.89. The Bertz CT molecular complexity index is 161. The summed E-state index contributed by atoms with van der Waals surface area (Å²) in [5.74, 6) is 0. The van der Waals surface area contributed by atoms with Gasteiger partial charge >= 0.3 is 0 Å². The van der Waals surface area contributed by atoms with Crippen LogP contribution in [0.4, 0.5) is 0 Å². The van der Waals surface area contributed by atoms with E-state index in [1.54, 1.807) is 6.08 Å². The second-order valence-corrected chi connectivity index (χ2v) is 3.08. The van der Waals surface area contributed by atoms with Crippen molar-refractivity contribution in [2.45, 2.75) is 20.8 Å². The minimum Gasteiger partial charge on any atom is -0.167 e. The van der Waals surface area contributed by atoms with Crippen molar-refractivity contribution in [1.82, 2.24) is 0 Å². The van der Waals surface area contributed by atoms with Gasteiger partial charge in [-0.1, -0.05) is 27.4 Å². The SMILES string of the molecule is C=C/C(=N\N=C)C(C)(C)C. The van der Waals surface area contributed by atoms with Crippen LogP contribution >= 0.6 is 0 Å². The molecule has 0 radical (unpaired) electrons. The number of hydrogen-bond acceptors (Lipinski definition) is 2. The van der Waals surface area contributed by atoms with E-state index in [-0.39, 0.29) is 5.41 Å². The molecule has 0 aliphatic heterocycles. The Balaban J connectivity index is 4.51. The molecule has 0 aromatic carbocycles. The molecular formula is C8H14N2. The van der Waals surface area contributed by atoms with Gasteiger partial charge in [0.1, 0.15) is 0 Å². The molecule has 0 fully saturated rings. The van der Waals surface area contributed by atoms with Crippen molar-refractivity contribution < 1.29 is 0 Å². The molecule has 0 unspecified atom stereocenters. The fraction of sp³-hybridized carbons (Fsp3) is 0.500. The Morgan fingerprint density at radius 1 is 1.40 bits per heavy atom. The van der Waals surface area contributed by atoms with E-state index in [4.69, 9.17) is 0 Å². The third kappa shape index (κ3) is 2.58. The first-order chi connectivity index (χ1) is 4.52. The molecule has 2 nitrogen and oxygen atoms in total. The standard InChI is InChI=1S/C8H14N2/c1-6-7(10-9-5)8(2,3)4/h6H,1,5H2,2-4H3/b10-7+. The summed E-state index contributed by atoms with van der Waals surface area (Å²) in [7, 11) is 0. The summed E-state index contributed by atoms with van der Waals surface area (Å²) in [6, 6.07) is 0. The van der Waals surface area contributed by atoms with Crippen molar-refractivity contribution in [2.24, 2.45) is 15.6 Å². The zero-order valence-electron chi connectivity index (χ0n) is 6.89. The fourth-order valence-corrected chi connectivity index (χ4v) is 0.573. The quantitative estimate of drug-likeness (QED) is 0.413. The second kappa shape index (κ2) is 3.30. The summed E-state index contributed by atoms with van der Waals surface area (Å²) >= 11 is 0. The summed E-state index contributed by atoms with van der Waals surface area (Å²) in [6.45, 7) is 13.1. The van der Waals surface area contributed by atoms with Gasteiger partial charge in [-0.25, -0.2) is 0 Å². The highest BCUT2D eigenvalue weighted by Crippen LogP contribution is 2.16. The maximum Gasteiger partial charge on any atom is 0.0677 e. The third-order valence-corrected chi connectivity index (χ3v) is 1.14. The van der Waals surface area contributed by atoms with Gasteiger partial charge in [-0.3, -0.25) is 0 Å². The predicted molar refractivity (Wildman–Crippen MR) is 46.6 cm³/mol. The Kier molecular flexibility index (Phi) is 3.00. The Morgan fingerprint density at radius 2 is 1.90 bits per heavy atom. The van der Waals surface area contributed by atoms with Gasteiger partial charge in [0.2, 0.25) is 0 Å². The first-order valence-electron chi connectivity index (χ1n) is 3.19. The molecule has 0 bridgehead atoms. The van der Waals surface area contributed by atoms with Crippen molar-refractivity contribution in [3.8, 4) is 0 Å². The largest absolute Gasteiger partial charge is 0.167 e. The van der Waals surface area contributed by atoms with Crippen molar-refractivity contribution in [1.29, 1.82) is 0 Å². The molecule has 0 aliphatic carbocycles. The first kappa shape index (κ1) is 9.08. The van der Waals surface area contributed by atoms with Gasteiger partial charge in [0, 0.05) is 12.1 Å². The van der Waals surface area contributed by atoms with Gasteiger partial charge in [-0.15, -0.1) is 0 Å². The topological polar surface area (TPSA) is 24.7 Å². The molecule has 2 heteroatoms. The Hall–Kier alpha value is -0.920. The van der Waals surface area contributed by atoms with Gasteiger partial charge in [-0.05, 0) is 6.08 Å². The summed E-state index contributed by atoms with van der Waals surface area (Å²) in [6.07, 6.45) is 1.70. The molecule has 0 amide bonds. The molecule has 0 aliphatic rings. The average molecular weight is 138 g/mol. The second-order valence-electron chi connectivity index (χ2n) is 3.08. The van der Waals surface area contributed by atoms with Crippen LogP contribution in [0.25, 0.3) is 0 Å². The lowest BCUT2D eigenvalue weighted by molar-refractivity contribution is 0.592. The van der Waals surface area contributed by atoms with Crippen LogP contribution in [0.2, 0.25) is 0 Å². The average Bonchev–Trinajstić information content (AvgIpc) is 1.80. The smallest absolute Gasteiger partial charge is 0.0677 e. The highest BCUT2D eigenvalue weighted by molar-refractivity contribution is 5.98. The van der Waals surface area contributed by atoms with E-state index >= 15 is 0 Å². The van der Waals surface area contributed by atoms with Crippen LogP contribution in [0.5, 0.6) is 0 Å². The minimum absolute atomic E-state index is 0.0168. The van der Waals surface area contributed by atoms with Gasteiger partial charge in [0.15, 0.2) is 0 Å². The minimum atomic E-state index is 0.0168. The molecular weight excluding hydrogens is 124 g/mol. The van der Waals surface area contributed by atoms with Gasteiger partial charge in [-0.2, -0.15) is 10.2 Å². The van der Waals surface area contributed by atoms with Crippen LogP contribution in [0.15, 0.2) is 22.9 Å². The van der Waals surface area contributed by atoms with E-state index in [9.17, 15) is 0 Å². The van der Waals surface area contributed by atoms with Crippen molar-refractivity contribution in [3.05, 3.63) is 12.7 Å². The van der Waals surface area contributed by atoms with Crippen molar-refractivity contribution in [2.75, 3.05) is 0 Å². The van der Waals surface area contributed by atoms with Crippen molar-refractivity contribution >= 4 is 12.4 Å². The highest BCUT2D eigenvalue weighted by atomic mass is 15.2. The Labute approximate surface area is 62.4 Å². The molecule has 0 aromatic heterocycles. The molecule has 0 spiro atoms. The predicted octanol–water partition coefficient (Wildman–Crippen LogP) is 2.28. The summed E-state index contributed by atoms with van der Waals surface area (Å²) in [5, 5.41) is 7.27. The molecule has 0 aromatic rings. The normalized spacial score (nSPS) is 12.9. The molecule has 0 saturated carbocycles.